The van der Waals surface area contributed by atoms with Crippen molar-refractivity contribution in [3.8, 4) is 11.5 Å². The number of carbonyl (C=O) groups excluding carboxylic acids is 2. The lowest BCUT2D eigenvalue weighted by Gasteiger charge is -2.18. The maximum atomic E-state index is 13.1. The van der Waals surface area contributed by atoms with Gasteiger partial charge in [0.1, 0.15) is 5.82 Å². The van der Waals surface area contributed by atoms with Gasteiger partial charge in [0.15, 0.2) is 11.5 Å². The molecule has 25 heavy (non-hydrogen) atoms. The minimum absolute atomic E-state index is 0.170. The van der Waals surface area contributed by atoms with Crippen LogP contribution in [0.25, 0.3) is 0 Å². The van der Waals surface area contributed by atoms with E-state index in [1.807, 2.05) is 12.1 Å². The number of carbonyl (C=O) groups is 2. The Hall–Kier alpha value is -3.09. The molecule has 0 bridgehead atoms. The highest BCUT2D eigenvalue weighted by Crippen LogP contribution is 2.32. The Morgan fingerprint density at radius 2 is 1.96 bits per heavy atom. The number of ether oxygens (including phenoxy) is 2. The molecular formula is C18H17FN2O4. The van der Waals surface area contributed by atoms with Gasteiger partial charge in [0.2, 0.25) is 12.7 Å². The molecule has 7 heteroatoms. The van der Waals surface area contributed by atoms with E-state index in [0.717, 1.165) is 11.6 Å². The van der Waals surface area contributed by atoms with Crippen LogP contribution < -0.4 is 14.8 Å². The molecule has 0 atom stereocenters. The molecule has 2 aromatic rings. The molecule has 130 valence electrons. The number of nitrogens with zero attached hydrogens (tertiary/aromatic N) is 1. The third-order valence-corrected chi connectivity index (χ3v) is 3.77. The van der Waals surface area contributed by atoms with Gasteiger partial charge in [-0.05, 0) is 35.9 Å². The van der Waals surface area contributed by atoms with E-state index in [-0.39, 0.29) is 24.8 Å². The molecule has 1 aliphatic rings. The van der Waals surface area contributed by atoms with Gasteiger partial charge in [-0.2, -0.15) is 0 Å². The Balaban J connectivity index is 1.53. The van der Waals surface area contributed by atoms with Crippen molar-refractivity contribution in [2.75, 3.05) is 20.4 Å². The summed E-state index contributed by atoms with van der Waals surface area (Å²) in [6.07, 6.45) is 0. The molecule has 2 amide bonds. The molecule has 0 spiro atoms. The van der Waals surface area contributed by atoms with Crippen LogP contribution in [-0.4, -0.2) is 37.1 Å². The van der Waals surface area contributed by atoms with Crippen LogP contribution in [0.4, 0.5) is 4.39 Å². The number of rotatable bonds is 5. The molecule has 1 aliphatic heterocycles. The molecule has 2 aromatic carbocycles. The standard InChI is InChI=1S/C18H17FN2O4/c1-21(10-12-5-6-15-16(7-12)25-11-24-15)17(22)9-20-18(23)13-3-2-4-14(19)8-13/h2-8H,9-11H2,1H3,(H,20,23). The fourth-order valence-corrected chi connectivity index (χ4v) is 2.42. The quantitative estimate of drug-likeness (QED) is 0.900. The molecule has 3 rings (SSSR count). The summed E-state index contributed by atoms with van der Waals surface area (Å²) in [6, 6.07) is 10.8. The van der Waals surface area contributed by atoms with E-state index in [0.29, 0.717) is 18.0 Å². The summed E-state index contributed by atoms with van der Waals surface area (Å²) in [6.45, 7) is 0.390. The smallest absolute Gasteiger partial charge is 0.251 e. The van der Waals surface area contributed by atoms with Gasteiger partial charge < -0.3 is 19.7 Å². The highest BCUT2D eigenvalue weighted by molar-refractivity contribution is 5.96. The van der Waals surface area contributed by atoms with Gasteiger partial charge in [0, 0.05) is 19.2 Å². The number of hydrogen-bond donors (Lipinski definition) is 1. The van der Waals surface area contributed by atoms with Crippen molar-refractivity contribution in [1.29, 1.82) is 0 Å². The average Bonchev–Trinajstić information content (AvgIpc) is 3.07. The Kier molecular flexibility index (Phi) is 4.83. The van der Waals surface area contributed by atoms with Gasteiger partial charge in [-0.1, -0.05) is 12.1 Å². The number of benzene rings is 2. The molecule has 0 unspecified atom stereocenters. The number of fused-ring (bicyclic) bond motifs is 1. The lowest BCUT2D eigenvalue weighted by Crippen LogP contribution is -2.37. The maximum absolute atomic E-state index is 13.1. The summed E-state index contributed by atoms with van der Waals surface area (Å²) in [5, 5.41) is 2.49. The number of likely N-dealkylation sites (N-methyl/N-ethyl adjacent to an activating group) is 1. The minimum atomic E-state index is -0.501. The normalized spacial score (nSPS) is 11.9. The van der Waals surface area contributed by atoms with E-state index < -0.39 is 11.7 Å². The topological polar surface area (TPSA) is 67.9 Å². The molecule has 0 saturated heterocycles. The van der Waals surface area contributed by atoms with Crippen LogP contribution in [0.2, 0.25) is 0 Å². The first-order valence-corrected chi connectivity index (χ1v) is 7.69. The predicted octanol–water partition coefficient (Wildman–Crippen LogP) is 1.94. The van der Waals surface area contributed by atoms with E-state index in [1.54, 1.807) is 13.1 Å². The third-order valence-electron chi connectivity index (χ3n) is 3.77. The predicted molar refractivity (Wildman–Crippen MR) is 87.8 cm³/mol. The maximum Gasteiger partial charge on any atom is 0.251 e. The summed E-state index contributed by atoms with van der Waals surface area (Å²) < 4.78 is 23.7. The van der Waals surface area contributed by atoms with Gasteiger partial charge >= 0.3 is 0 Å². The van der Waals surface area contributed by atoms with E-state index in [9.17, 15) is 14.0 Å². The molecular weight excluding hydrogens is 327 g/mol. The minimum Gasteiger partial charge on any atom is -0.454 e. The molecule has 0 saturated carbocycles. The first-order chi connectivity index (χ1) is 12.0. The second-order valence-corrected chi connectivity index (χ2v) is 5.63. The van der Waals surface area contributed by atoms with Crippen LogP contribution in [0, 0.1) is 5.82 Å². The Morgan fingerprint density at radius 3 is 2.76 bits per heavy atom. The summed E-state index contributed by atoms with van der Waals surface area (Å²) in [4.78, 5) is 25.6. The third kappa shape index (κ3) is 4.06. The first kappa shape index (κ1) is 16.8. The number of hydrogen-bond acceptors (Lipinski definition) is 4. The SMILES string of the molecule is CN(Cc1ccc2c(c1)OCO2)C(=O)CNC(=O)c1cccc(F)c1. The zero-order chi connectivity index (χ0) is 17.8. The average molecular weight is 344 g/mol. The second kappa shape index (κ2) is 7.21. The van der Waals surface area contributed by atoms with Crippen molar-refractivity contribution >= 4 is 11.8 Å². The highest BCUT2D eigenvalue weighted by atomic mass is 19.1. The fraction of sp³-hybridized carbons (Fsp3) is 0.222. The van der Waals surface area contributed by atoms with E-state index >= 15 is 0 Å². The molecule has 0 fully saturated rings. The molecule has 0 aliphatic carbocycles. The molecule has 0 aromatic heterocycles. The first-order valence-electron chi connectivity index (χ1n) is 7.69. The van der Waals surface area contributed by atoms with Crippen LogP contribution in [0.1, 0.15) is 15.9 Å². The molecule has 1 heterocycles. The van der Waals surface area contributed by atoms with Crippen molar-refractivity contribution in [2.45, 2.75) is 6.54 Å². The van der Waals surface area contributed by atoms with Crippen molar-refractivity contribution < 1.29 is 23.5 Å². The number of nitrogens with one attached hydrogen (secondary N) is 1. The van der Waals surface area contributed by atoms with E-state index in [4.69, 9.17) is 9.47 Å². The van der Waals surface area contributed by atoms with E-state index in [1.165, 1.54) is 23.1 Å². The number of amides is 2. The van der Waals surface area contributed by atoms with Crippen molar-refractivity contribution in [3.63, 3.8) is 0 Å². The van der Waals surface area contributed by atoms with Crippen LogP contribution in [0.15, 0.2) is 42.5 Å². The van der Waals surface area contributed by atoms with Crippen molar-refractivity contribution in [1.82, 2.24) is 10.2 Å². The zero-order valence-electron chi connectivity index (χ0n) is 13.6. The van der Waals surface area contributed by atoms with Gasteiger partial charge in [-0.25, -0.2) is 4.39 Å². The highest BCUT2D eigenvalue weighted by Gasteiger charge is 2.16. The Bertz CT molecular complexity index is 809. The molecule has 6 nitrogen and oxygen atoms in total. The number of halogens is 1. The van der Waals surface area contributed by atoms with Crippen LogP contribution in [0.5, 0.6) is 11.5 Å². The lowest BCUT2D eigenvalue weighted by atomic mass is 10.2. The molecule has 1 N–H and O–H groups in total. The molecule has 0 radical (unpaired) electrons. The summed E-state index contributed by atoms with van der Waals surface area (Å²) >= 11 is 0. The van der Waals surface area contributed by atoms with E-state index in [2.05, 4.69) is 5.32 Å². The summed E-state index contributed by atoms with van der Waals surface area (Å²) in [5.41, 5.74) is 1.06. The van der Waals surface area contributed by atoms with Crippen LogP contribution in [0.3, 0.4) is 0 Å². The van der Waals surface area contributed by atoms with Gasteiger partial charge in [0.25, 0.3) is 5.91 Å². The van der Waals surface area contributed by atoms with Gasteiger partial charge in [-0.3, -0.25) is 9.59 Å². The summed E-state index contributed by atoms with van der Waals surface area (Å²) in [7, 11) is 1.64. The monoisotopic (exact) mass is 344 g/mol. The van der Waals surface area contributed by atoms with Crippen molar-refractivity contribution in [2.24, 2.45) is 0 Å². The zero-order valence-corrected chi connectivity index (χ0v) is 13.6. The summed E-state index contributed by atoms with van der Waals surface area (Å²) in [5.74, 6) is 0.0727. The lowest BCUT2D eigenvalue weighted by molar-refractivity contribution is -0.129. The fourth-order valence-electron chi connectivity index (χ4n) is 2.42. The van der Waals surface area contributed by atoms with Crippen molar-refractivity contribution in [3.05, 3.63) is 59.4 Å². The van der Waals surface area contributed by atoms with Crippen LogP contribution >= 0.6 is 0 Å². The second-order valence-electron chi connectivity index (χ2n) is 5.63. The van der Waals surface area contributed by atoms with Gasteiger partial charge in [-0.15, -0.1) is 0 Å². The Labute approximate surface area is 144 Å². The van der Waals surface area contributed by atoms with Gasteiger partial charge in [0.05, 0.1) is 6.54 Å². The largest absolute Gasteiger partial charge is 0.454 e. The Morgan fingerprint density at radius 1 is 1.16 bits per heavy atom. The van der Waals surface area contributed by atoms with Crippen LogP contribution in [-0.2, 0) is 11.3 Å².